The van der Waals surface area contributed by atoms with E-state index in [1.807, 2.05) is 30.3 Å². The molecule has 0 aromatic heterocycles. The summed E-state index contributed by atoms with van der Waals surface area (Å²) in [5.41, 5.74) is 1.68. The number of rotatable bonds is 6. The summed E-state index contributed by atoms with van der Waals surface area (Å²) in [4.78, 5) is 1.16. The van der Waals surface area contributed by atoms with Crippen molar-refractivity contribution in [2.45, 2.75) is 36.0 Å². The molecule has 1 aliphatic rings. The van der Waals surface area contributed by atoms with Crippen LogP contribution >= 0.6 is 27.7 Å². The molecule has 3 atom stereocenters. The van der Waals surface area contributed by atoms with Crippen molar-refractivity contribution >= 4 is 27.7 Å². The summed E-state index contributed by atoms with van der Waals surface area (Å²) in [6.07, 6.45) is -0.591. The van der Waals surface area contributed by atoms with Gasteiger partial charge < -0.3 is 14.6 Å². The van der Waals surface area contributed by atoms with Gasteiger partial charge in [-0.3, -0.25) is 0 Å². The van der Waals surface area contributed by atoms with E-state index >= 15 is 0 Å². The molecule has 4 nitrogen and oxygen atoms in total. The molecule has 1 aliphatic heterocycles. The molecule has 26 heavy (non-hydrogen) atoms. The third-order valence-electron chi connectivity index (χ3n) is 4.41. The highest BCUT2D eigenvalue weighted by Gasteiger charge is 2.38. The molecule has 0 saturated heterocycles. The van der Waals surface area contributed by atoms with Crippen LogP contribution in [0.3, 0.4) is 0 Å². The van der Waals surface area contributed by atoms with Crippen molar-refractivity contribution in [1.29, 1.82) is 5.26 Å². The number of halogens is 1. The summed E-state index contributed by atoms with van der Waals surface area (Å²) in [5.74, 6) is 1.40. The Kier molecular flexibility index (Phi) is 6.60. The summed E-state index contributed by atoms with van der Waals surface area (Å²) in [6, 6.07) is 16.0. The minimum absolute atomic E-state index is 0.227. The Hall–Kier alpha value is -1.52. The van der Waals surface area contributed by atoms with Crippen molar-refractivity contribution in [2.75, 3.05) is 12.9 Å². The fraction of sp³-hybridized carbons (Fsp3) is 0.350. The average Bonchev–Trinajstić information content (AvgIpc) is 2.67. The van der Waals surface area contributed by atoms with Gasteiger partial charge in [-0.2, -0.15) is 5.26 Å². The van der Waals surface area contributed by atoms with Crippen molar-refractivity contribution in [3.63, 3.8) is 0 Å². The van der Waals surface area contributed by atoms with E-state index in [-0.39, 0.29) is 6.10 Å². The Balaban J connectivity index is 1.93. The van der Waals surface area contributed by atoms with Gasteiger partial charge in [0.05, 0.1) is 25.4 Å². The fourth-order valence-corrected chi connectivity index (χ4v) is 4.70. The predicted molar refractivity (Wildman–Crippen MR) is 105 cm³/mol. The van der Waals surface area contributed by atoms with Crippen LogP contribution in [-0.4, -0.2) is 24.1 Å². The highest BCUT2D eigenvalue weighted by Crippen LogP contribution is 2.47. The summed E-state index contributed by atoms with van der Waals surface area (Å²) in [6.45, 7) is 0. The number of aliphatic hydroxyl groups is 1. The normalized spacial score (nSPS) is 21.7. The molecule has 6 heteroatoms. The van der Waals surface area contributed by atoms with Gasteiger partial charge in [0.25, 0.3) is 0 Å². The van der Waals surface area contributed by atoms with E-state index in [0.717, 1.165) is 20.5 Å². The van der Waals surface area contributed by atoms with Crippen molar-refractivity contribution in [2.24, 2.45) is 0 Å². The first-order chi connectivity index (χ1) is 12.7. The van der Waals surface area contributed by atoms with Crippen molar-refractivity contribution < 1.29 is 14.6 Å². The van der Waals surface area contributed by atoms with Crippen LogP contribution in [-0.2, 0) is 4.74 Å². The van der Waals surface area contributed by atoms with E-state index in [1.165, 1.54) is 0 Å². The zero-order chi connectivity index (χ0) is 18.5. The number of hydrogen-bond acceptors (Lipinski definition) is 5. The van der Waals surface area contributed by atoms with E-state index < -0.39 is 12.2 Å². The molecule has 1 N–H and O–H groups in total. The summed E-state index contributed by atoms with van der Waals surface area (Å²) < 4.78 is 12.6. The van der Waals surface area contributed by atoms with Crippen molar-refractivity contribution in [1.82, 2.24) is 0 Å². The van der Waals surface area contributed by atoms with Crippen LogP contribution < -0.4 is 4.74 Å². The molecule has 3 rings (SSSR count). The van der Waals surface area contributed by atoms with E-state index in [2.05, 4.69) is 34.1 Å². The maximum Gasteiger partial charge on any atom is 0.125 e. The van der Waals surface area contributed by atoms with Gasteiger partial charge in [0.15, 0.2) is 0 Å². The maximum atomic E-state index is 10.8. The molecule has 0 fully saturated rings. The fourth-order valence-electron chi connectivity index (χ4n) is 3.18. The zero-order valence-electron chi connectivity index (χ0n) is 14.4. The highest BCUT2D eigenvalue weighted by molar-refractivity contribution is 9.10. The summed E-state index contributed by atoms with van der Waals surface area (Å²) >= 11 is 5.26. The summed E-state index contributed by atoms with van der Waals surface area (Å²) in [5, 5.41) is 19.7. The van der Waals surface area contributed by atoms with Gasteiger partial charge in [0.1, 0.15) is 11.9 Å². The zero-order valence-corrected chi connectivity index (χ0v) is 16.8. The van der Waals surface area contributed by atoms with Gasteiger partial charge >= 0.3 is 0 Å². The first kappa shape index (κ1) is 19.2. The van der Waals surface area contributed by atoms with Gasteiger partial charge in [0, 0.05) is 32.7 Å². The van der Waals surface area contributed by atoms with Crippen LogP contribution in [0.15, 0.2) is 51.8 Å². The van der Waals surface area contributed by atoms with Gasteiger partial charge in [-0.25, -0.2) is 0 Å². The Morgan fingerprint density at radius 1 is 1.23 bits per heavy atom. The van der Waals surface area contributed by atoms with Crippen LogP contribution in [0, 0.1) is 11.3 Å². The first-order valence-electron chi connectivity index (χ1n) is 8.40. The van der Waals surface area contributed by atoms with Crippen LogP contribution in [0.5, 0.6) is 5.75 Å². The lowest BCUT2D eigenvalue weighted by atomic mass is 9.90. The highest BCUT2D eigenvalue weighted by atomic mass is 79.9. The number of thioether (sulfide) groups is 1. The van der Waals surface area contributed by atoms with Gasteiger partial charge in [-0.1, -0.05) is 34.1 Å². The Morgan fingerprint density at radius 2 is 2.00 bits per heavy atom. The molecular weight excluding hydrogens is 414 g/mol. The number of ether oxygens (including phenoxy) is 2. The minimum atomic E-state index is -0.791. The lowest BCUT2D eigenvalue weighted by Crippen LogP contribution is -2.32. The molecule has 136 valence electrons. The first-order valence-corrected chi connectivity index (χ1v) is 10.2. The number of nitriles is 1. The van der Waals surface area contributed by atoms with Crippen LogP contribution in [0.25, 0.3) is 0 Å². The lowest BCUT2D eigenvalue weighted by Gasteiger charge is -2.37. The van der Waals surface area contributed by atoms with E-state index in [9.17, 15) is 5.11 Å². The minimum Gasteiger partial charge on any atom is -0.496 e. The molecule has 2 aromatic carbocycles. The molecule has 1 heterocycles. The number of hydrogen-bond donors (Lipinski definition) is 1. The smallest absolute Gasteiger partial charge is 0.125 e. The Morgan fingerprint density at radius 3 is 2.69 bits per heavy atom. The summed E-state index contributed by atoms with van der Waals surface area (Å²) in [7, 11) is 1.62. The average molecular weight is 434 g/mol. The van der Waals surface area contributed by atoms with Gasteiger partial charge in [0.2, 0.25) is 0 Å². The number of aliphatic hydroxyl groups excluding tert-OH is 1. The van der Waals surface area contributed by atoms with E-state index in [0.29, 0.717) is 24.3 Å². The standard InChI is InChI=1S/C20H20BrNO3S/c1-24-15-10-9-14(21)18-19(15)17(12-26-13-6-3-2-4-7-13)25-16(20(18)23)8-5-11-22/h2-4,6-7,9-10,16-17,20,23H,5,8,12H2,1H3/t16-,17+,20+/m0/s1. The van der Waals surface area contributed by atoms with Gasteiger partial charge in [-0.05, 0) is 30.7 Å². The van der Waals surface area contributed by atoms with E-state index in [4.69, 9.17) is 14.7 Å². The third-order valence-corrected chi connectivity index (χ3v) is 6.17. The van der Waals surface area contributed by atoms with Crippen LogP contribution in [0.1, 0.15) is 36.2 Å². The molecule has 0 bridgehead atoms. The monoisotopic (exact) mass is 433 g/mol. The molecule has 2 aromatic rings. The second-order valence-electron chi connectivity index (χ2n) is 6.01. The molecule has 0 saturated carbocycles. The second-order valence-corrected chi connectivity index (χ2v) is 7.95. The number of methoxy groups -OCH3 is 1. The second kappa shape index (κ2) is 8.92. The Labute approximate surface area is 166 Å². The third kappa shape index (κ3) is 4.07. The van der Waals surface area contributed by atoms with E-state index in [1.54, 1.807) is 18.9 Å². The molecule has 0 aliphatic carbocycles. The largest absolute Gasteiger partial charge is 0.496 e. The number of fused-ring (bicyclic) bond motifs is 1. The molecule has 0 unspecified atom stereocenters. The van der Waals surface area contributed by atoms with Crippen molar-refractivity contribution in [3.8, 4) is 11.8 Å². The number of benzene rings is 2. The van der Waals surface area contributed by atoms with Crippen LogP contribution in [0.2, 0.25) is 0 Å². The predicted octanol–water partition coefficient (Wildman–Crippen LogP) is 5.03. The van der Waals surface area contributed by atoms with Crippen LogP contribution in [0.4, 0.5) is 0 Å². The van der Waals surface area contributed by atoms with Crippen molar-refractivity contribution in [3.05, 3.63) is 58.1 Å². The molecular formula is C20H20BrNO3S. The lowest BCUT2D eigenvalue weighted by molar-refractivity contribution is -0.0926. The Bertz CT molecular complexity index is 794. The topological polar surface area (TPSA) is 62.5 Å². The number of nitrogens with zero attached hydrogens (tertiary/aromatic N) is 1. The molecule has 0 radical (unpaired) electrons. The molecule has 0 spiro atoms. The maximum absolute atomic E-state index is 10.8. The molecule has 0 amide bonds. The SMILES string of the molecule is COc1ccc(Br)c2c1[C@@H](CSc1ccccc1)O[C@@H](CCC#N)[C@H]2O. The quantitative estimate of drug-likeness (QED) is 0.647. The van der Waals surface area contributed by atoms with Gasteiger partial charge in [-0.15, -0.1) is 11.8 Å².